The number of aromatic amines is 1. The van der Waals surface area contributed by atoms with Crippen LogP contribution in [0.25, 0.3) is 11.4 Å². The molecule has 1 N–H and O–H groups in total. The maximum Gasteiger partial charge on any atom is 0.214 e. The number of pyridine rings is 1. The number of hydrogen-bond acceptors (Lipinski definition) is 4. The summed E-state index contributed by atoms with van der Waals surface area (Å²) in [6.45, 7) is 5.14. The Labute approximate surface area is 149 Å². The fourth-order valence-corrected chi connectivity index (χ4v) is 4.91. The highest BCUT2D eigenvalue weighted by molar-refractivity contribution is 7.89. The van der Waals surface area contributed by atoms with Crippen LogP contribution in [0.1, 0.15) is 50.0 Å². The predicted octanol–water partition coefficient (Wildman–Crippen LogP) is 3.09. The molecule has 2 aromatic heterocycles. The van der Waals surface area contributed by atoms with Crippen molar-refractivity contribution < 1.29 is 8.42 Å². The van der Waals surface area contributed by atoms with Crippen LogP contribution in [0.15, 0.2) is 24.4 Å². The summed E-state index contributed by atoms with van der Waals surface area (Å²) in [4.78, 5) is 12.4. The minimum Gasteiger partial charge on any atom is -0.340 e. The molecular formula is C18H26N4O2S. The second-order valence-corrected chi connectivity index (χ2v) is 8.78. The van der Waals surface area contributed by atoms with Crippen molar-refractivity contribution in [1.82, 2.24) is 19.3 Å². The molecule has 6 nitrogen and oxygen atoms in total. The van der Waals surface area contributed by atoms with Crippen molar-refractivity contribution in [3.8, 4) is 11.4 Å². The standard InChI is InChI=1S/C18H26N4O2S/c1-3-4-12-25(23,24)22-10-8-15(9-11-22)18-19-13-17(21-18)16-7-5-6-14(2)20-16/h5-7,13,15H,3-4,8-12H2,1-2H3,(H,19,21). The number of aromatic nitrogens is 3. The van der Waals surface area contributed by atoms with Crippen molar-refractivity contribution >= 4 is 10.0 Å². The fraction of sp³-hybridized carbons (Fsp3) is 0.556. The third kappa shape index (κ3) is 4.27. The van der Waals surface area contributed by atoms with Gasteiger partial charge >= 0.3 is 0 Å². The quantitative estimate of drug-likeness (QED) is 0.856. The van der Waals surface area contributed by atoms with Gasteiger partial charge in [0, 0.05) is 24.7 Å². The summed E-state index contributed by atoms with van der Waals surface area (Å²) in [5.41, 5.74) is 2.77. The predicted molar refractivity (Wildman–Crippen MR) is 98.8 cm³/mol. The van der Waals surface area contributed by atoms with E-state index in [9.17, 15) is 8.42 Å². The van der Waals surface area contributed by atoms with E-state index in [1.165, 1.54) is 0 Å². The third-order valence-corrected chi connectivity index (χ3v) is 6.71. The molecule has 0 unspecified atom stereocenters. The number of unbranched alkanes of at least 4 members (excludes halogenated alkanes) is 1. The monoisotopic (exact) mass is 362 g/mol. The van der Waals surface area contributed by atoms with Crippen LogP contribution in [0.3, 0.4) is 0 Å². The Kier molecular flexibility index (Phi) is 5.54. The Balaban J connectivity index is 1.64. The lowest BCUT2D eigenvalue weighted by Gasteiger charge is -2.30. The van der Waals surface area contributed by atoms with Crippen LogP contribution in [0.2, 0.25) is 0 Å². The molecule has 0 bridgehead atoms. The molecule has 25 heavy (non-hydrogen) atoms. The van der Waals surface area contributed by atoms with E-state index in [2.05, 4.69) is 15.0 Å². The second-order valence-electron chi connectivity index (χ2n) is 6.69. The summed E-state index contributed by atoms with van der Waals surface area (Å²) in [7, 11) is -3.10. The van der Waals surface area contributed by atoms with Crippen LogP contribution >= 0.6 is 0 Å². The normalized spacial score (nSPS) is 17.0. The van der Waals surface area contributed by atoms with Crippen molar-refractivity contribution in [2.75, 3.05) is 18.8 Å². The van der Waals surface area contributed by atoms with E-state index < -0.39 is 10.0 Å². The second kappa shape index (κ2) is 7.66. The smallest absolute Gasteiger partial charge is 0.214 e. The van der Waals surface area contributed by atoms with Gasteiger partial charge in [0.15, 0.2) is 0 Å². The van der Waals surface area contributed by atoms with Crippen LogP contribution in [-0.4, -0.2) is 46.5 Å². The number of rotatable bonds is 6. The van der Waals surface area contributed by atoms with Gasteiger partial charge in [-0.25, -0.2) is 17.7 Å². The minimum atomic E-state index is -3.10. The molecule has 1 saturated heterocycles. The van der Waals surface area contributed by atoms with Gasteiger partial charge in [-0.05, 0) is 38.3 Å². The zero-order valence-corrected chi connectivity index (χ0v) is 15.7. The highest BCUT2D eigenvalue weighted by Crippen LogP contribution is 2.29. The summed E-state index contributed by atoms with van der Waals surface area (Å²) in [5, 5.41) is 0. The maximum atomic E-state index is 12.3. The van der Waals surface area contributed by atoms with Crippen LogP contribution in [0.5, 0.6) is 0 Å². The van der Waals surface area contributed by atoms with E-state index >= 15 is 0 Å². The number of piperidine rings is 1. The van der Waals surface area contributed by atoms with Crippen LogP contribution in [-0.2, 0) is 10.0 Å². The lowest BCUT2D eigenvalue weighted by Crippen LogP contribution is -2.39. The molecule has 1 aliphatic rings. The average molecular weight is 362 g/mol. The lowest BCUT2D eigenvalue weighted by atomic mass is 9.97. The molecule has 0 saturated carbocycles. The van der Waals surface area contributed by atoms with Gasteiger partial charge in [-0.2, -0.15) is 0 Å². The average Bonchev–Trinajstić information content (AvgIpc) is 3.10. The molecule has 1 fully saturated rings. The first-order valence-electron chi connectivity index (χ1n) is 8.96. The molecule has 7 heteroatoms. The van der Waals surface area contributed by atoms with E-state index in [1.807, 2.05) is 38.2 Å². The number of hydrogen-bond donors (Lipinski definition) is 1. The Morgan fingerprint density at radius 2 is 2.04 bits per heavy atom. The summed E-state index contributed by atoms with van der Waals surface area (Å²) in [6.07, 6.45) is 5.06. The van der Waals surface area contributed by atoms with Gasteiger partial charge < -0.3 is 4.98 Å². The number of H-pyrrole nitrogens is 1. The summed E-state index contributed by atoms with van der Waals surface area (Å²) in [6, 6.07) is 5.92. The Hall–Kier alpha value is -1.73. The molecular weight excluding hydrogens is 336 g/mol. The summed E-state index contributed by atoms with van der Waals surface area (Å²) < 4.78 is 26.2. The molecule has 0 radical (unpaired) electrons. The Bertz CT molecular complexity index is 808. The number of aryl methyl sites for hydroxylation is 1. The van der Waals surface area contributed by atoms with Gasteiger partial charge in [0.25, 0.3) is 0 Å². The molecule has 1 aliphatic heterocycles. The van der Waals surface area contributed by atoms with Crippen LogP contribution < -0.4 is 0 Å². The van der Waals surface area contributed by atoms with Crippen molar-refractivity contribution in [3.05, 3.63) is 35.9 Å². The first-order chi connectivity index (χ1) is 12.0. The highest BCUT2D eigenvalue weighted by Gasteiger charge is 2.29. The Morgan fingerprint density at radius 3 is 2.72 bits per heavy atom. The number of imidazole rings is 1. The van der Waals surface area contributed by atoms with Gasteiger partial charge in [-0.1, -0.05) is 19.4 Å². The Morgan fingerprint density at radius 1 is 1.28 bits per heavy atom. The molecule has 136 valence electrons. The summed E-state index contributed by atoms with van der Waals surface area (Å²) in [5.74, 6) is 1.47. The van der Waals surface area contributed by atoms with Crippen molar-refractivity contribution in [3.63, 3.8) is 0 Å². The summed E-state index contributed by atoms with van der Waals surface area (Å²) >= 11 is 0. The van der Waals surface area contributed by atoms with Gasteiger partial charge in [0.1, 0.15) is 5.82 Å². The van der Waals surface area contributed by atoms with Crippen molar-refractivity contribution in [2.45, 2.75) is 45.4 Å². The van der Waals surface area contributed by atoms with Gasteiger partial charge in [-0.15, -0.1) is 0 Å². The van der Waals surface area contributed by atoms with Crippen molar-refractivity contribution in [2.24, 2.45) is 0 Å². The number of sulfonamides is 1. The topological polar surface area (TPSA) is 79.0 Å². The van der Waals surface area contributed by atoms with E-state index in [1.54, 1.807) is 4.31 Å². The largest absolute Gasteiger partial charge is 0.340 e. The molecule has 0 aliphatic carbocycles. The highest BCUT2D eigenvalue weighted by atomic mass is 32.2. The lowest BCUT2D eigenvalue weighted by molar-refractivity contribution is 0.314. The van der Waals surface area contributed by atoms with E-state index in [-0.39, 0.29) is 11.7 Å². The van der Waals surface area contributed by atoms with Gasteiger partial charge in [-0.3, -0.25) is 4.98 Å². The first-order valence-corrected chi connectivity index (χ1v) is 10.6. The zero-order chi connectivity index (χ0) is 17.9. The third-order valence-electron chi connectivity index (χ3n) is 4.75. The van der Waals surface area contributed by atoms with E-state index in [0.717, 1.165) is 48.6 Å². The number of nitrogens with zero attached hydrogens (tertiary/aromatic N) is 3. The molecule has 0 amide bonds. The molecule has 0 aromatic carbocycles. The molecule has 0 atom stereocenters. The van der Waals surface area contributed by atoms with Crippen molar-refractivity contribution in [1.29, 1.82) is 0 Å². The first kappa shape index (κ1) is 18.1. The van der Waals surface area contributed by atoms with Crippen LogP contribution in [0.4, 0.5) is 0 Å². The van der Waals surface area contributed by atoms with Gasteiger partial charge in [0.2, 0.25) is 10.0 Å². The minimum absolute atomic E-state index is 0.262. The van der Waals surface area contributed by atoms with E-state index in [0.29, 0.717) is 13.1 Å². The SMILES string of the molecule is CCCCS(=O)(=O)N1CCC(c2ncc(-c3cccc(C)n3)[nH]2)CC1. The molecule has 0 spiro atoms. The molecule has 3 rings (SSSR count). The number of nitrogens with one attached hydrogen (secondary N) is 1. The molecule has 3 heterocycles. The van der Waals surface area contributed by atoms with Gasteiger partial charge in [0.05, 0.1) is 23.3 Å². The zero-order valence-electron chi connectivity index (χ0n) is 14.9. The maximum absolute atomic E-state index is 12.3. The van der Waals surface area contributed by atoms with E-state index in [4.69, 9.17) is 0 Å². The van der Waals surface area contributed by atoms with Crippen LogP contribution in [0, 0.1) is 6.92 Å². The fourth-order valence-electron chi connectivity index (χ4n) is 3.23. The molecule has 2 aromatic rings.